The SMILES string of the molecule is CCCCCCCC1OC(=O)C(C)=[N+]1[O-]. The first-order valence-electron chi connectivity index (χ1n) is 5.67. The number of hydrogen-bond acceptors (Lipinski definition) is 3. The Balaban J connectivity index is 2.21. The summed E-state index contributed by atoms with van der Waals surface area (Å²) in [4.78, 5) is 11.0. The Morgan fingerprint density at radius 2 is 2.00 bits per heavy atom. The molecule has 1 rings (SSSR count). The van der Waals surface area contributed by atoms with Crippen LogP contribution in [0.25, 0.3) is 0 Å². The maximum absolute atomic E-state index is 11.4. The van der Waals surface area contributed by atoms with Gasteiger partial charge in [-0.3, -0.25) is 0 Å². The highest BCUT2D eigenvalue weighted by Crippen LogP contribution is 2.14. The Morgan fingerprint density at radius 1 is 1.33 bits per heavy atom. The van der Waals surface area contributed by atoms with E-state index in [1.165, 1.54) is 26.2 Å². The Labute approximate surface area is 90.5 Å². The molecule has 0 saturated heterocycles. The van der Waals surface area contributed by atoms with Gasteiger partial charge < -0.3 is 9.94 Å². The number of ether oxygens (including phenoxy) is 1. The van der Waals surface area contributed by atoms with Crippen LogP contribution in [0.1, 0.15) is 52.4 Å². The second-order valence-corrected chi connectivity index (χ2v) is 3.97. The molecule has 1 heterocycles. The molecule has 0 aliphatic carbocycles. The van der Waals surface area contributed by atoms with Crippen LogP contribution < -0.4 is 0 Å². The van der Waals surface area contributed by atoms with E-state index in [0.717, 1.165) is 12.8 Å². The van der Waals surface area contributed by atoms with Crippen molar-refractivity contribution in [3.63, 3.8) is 0 Å². The smallest absolute Gasteiger partial charge is 0.404 e. The molecule has 0 N–H and O–H groups in total. The lowest BCUT2D eigenvalue weighted by Gasteiger charge is -2.09. The third-order valence-electron chi connectivity index (χ3n) is 2.69. The van der Waals surface area contributed by atoms with Crippen LogP contribution in [0.15, 0.2) is 0 Å². The molecule has 0 fully saturated rings. The maximum atomic E-state index is 11.4. The van der Waals surface area contributed by atoms with Crippen LogP contribution in [0.2, 0.25) is 0 Å². The van der Waals surface area contributed by atoms with E-state index in [1.807, 2.05) is 0 Å². The molecular weight excluding hydrogens is 194 g/mol. The number of esters is 1. The molecule has 1 unspecified atom stereocenters. The van der Waals surface area contributed by atoms with Crippen LogP contribution in [-0.4, -0.2) is 22.6 Å². The average Bonchev–Trinajstić information content (AvgIpc) is 2.46. The van der Waals surface area contributed by atoms with Crippen molar-refractivity contribution in [1.82, 2.24) is 0 Å². The Bertz CT molecular complexity index is 261. The Morgan fingerprint density at radius 3 is 2.53 bits per heavy atom. The number of hydrogen-bond donors (Lipinski definition) is 0. The summed E-state index contributed by atoms with van der Waals surface area (Å²) in [6.07, 6.45) is 5.77. The van der Waals surface area contributed by atoms with Crippen molar-refractivity contribution in [3.8, 4) is 0 Å². The first kappa shape index (κ1) is 12.0. The van der Waals surface area contributed by atoms with Gasteiger partial charge in [-0.15, -0.1) is 0 Å². The summed E-state index contributed by atoms with van der Waals surface area (Å²) in [5, 5.41) is 11.4. The van der Waals surface area contributed by atoms with Gasteiger partial charge in [0.15, 0.2) is 0 Å². The lowest BCUT2D eigenvalue weighted by atomic mass is 10.1. The van der Waals surface area contributed by atoms with Crippen molar-refractivity contribution < 1.29 is 14.3 Å². The molecule has 15 heavy (non-hydrogen) atoms. The molecule has 0 aromatic carbocycles. The molecule has 0 saturated carbocycles. The molecule has 4 nitrogen and oxygen atoms in total. The second-order valence-electron chi connectivity index (χ2n) is 3.97. The van der Waals surface area contributed by atoms with Crippen molar-refractivity contribution in [2.24, 2.45) is 0 Å². The molecule has 1 atom stereocenters. The van der Waals surface area contributed by atoms with Gasteiger partial charge >= 0.3 is 12.2 Å². The highest BCUT2D eigenvalue weighted by atomic mass is 16.6. The van der Waals surface area contributed by atoms with Crippen LogP contribution in [0.3, 0.4) is 0 Å². The number of carbonyl (C=O) groups excluding carboxylic acids is 1. The van der Waals surface area contributed by atoms with Crippen molar-refractivity contribution in [2.45, 2.75) is 58.6 Å². The third-order valence-corrected chi connectivity index (χ3v) is 2.69. The van der Waals surface area contributed by atoms with Gasteiger partial charge in [0.1, 0.15) is 0 Å². The fourth-order valence-electron chi connectivity index (χ4n) is 1.66. The standard InChI is InChI=1S/C11H19NO3/c1-3-4-5-6-7-8-10-12(14)9(2)11(13)15-10/h10H,3-8H2,1-2H3. The van der Waals surface area contributed by atoms with Gasteiger partial charge in [-0.05, 0) is 6.42 Å². The number of hydroxylamine groups is 1. The second kappa shape index (κ2) is 5.73. The van der Waals surface area contributed by atoms with E-state index in [9.17, 15) is 10.0 Å². The molecule has 0 radical (unpaired) electrons. The summed E-state index contributed by atoms with van der Waals surface area (Å²) >= 11 is 0. The molecular formula is C11H19NO3. The van der Waals surface area contributed by atoms with E-state index in [0.29, 0.717) is 11.2 Å². The van der Waals surface area contributed by atoms with E-state index < -0.39 is 12.2 Å². The molecule has 0 bridgehead atoms. The highest BCUT2D eigenvalue weighted by Gasteiger charge is 2.34. The van der Waals surface area contributed by atoms with E-state index in [4.69, 9.17) is 4.74 Å². The maximum Gasteiger partial charge on any atom is 0.404 e. The number of carbonyl (C=O) groups is 1. The summed E-state index contributed by atoms with van der Waals surface area (Å²) in [5.74, 6) is -0.469. The van der Waals surface area contributed by atoms with Crippen LogP contribution in [-0.2, 0) is 9.53 Å². The normalized spacial score (nSPS) is 20.9. The van der Waals surface area contributed by atoms with Gasteiger partial charge in [0, 0.05) is 6.92 Å². The minimum Gasteiger partial charge on any atom is -0.621 e. The average molecular weight is 213 g/mol. The molecule has 0 aromatic heterocycles. The molecule has 1 aliphatic rings. The summed E-state index contributed by atoms with van der Waals surface area (Å²) in [6.45, 7) is 3.67. The lowest BCUT2D eigenvalue weighted by Crippen LogP contribution is -2.19. The van der Waals surface area contributed by atoms with Gasteiger partial charge in [0.05, 0.1) is 6.42 Å². The lowest BCUT2D eigenvalue weighted by molar-refractivity contribution is -0.535. The molecule has 0 spiro atoms. The van der Waals surface area contributed by atoms with Crippen LogP contribution in [0, 0.1) is 5.21 Å². The highest BCUT2D eigenvalue weighted by molar-refractivity contribution is 6.33. The number of nitrogens with zero attached hydrogens (tertiary/aromatic N) is 1. The zero-order valence-corrected chi connectivity index (χ0v) is 9.49. The van der Waals surface area contributed by atoms with Crippen LogP contribution in [0.5, 0.6) is 0 Å². The minimum absolute atomic E-state index is 0.175. The summed E-state index contributed by atoms with van der Waals surface area (Å²) in [7, 11) is 0. The molecule has 1 aliphatic heterocycles. The van der Waals surface area contributed by atoms with E-state index in [-0.39, 0.29) is 5.71 Å². The van der Waals surface area contributed by atoms with Gasteiger partial charge in [-0.1, -0.05) is 32.6 Å². The monoisotopic (exact) mass is 213 g/mol. The molecule has 0 amide bonds. The fraction of sp³-hybridized carbons (Fsp3) is 0.818. The molecule has 4 heteroatoms. The third kappa shape index (κ3) is 3.22. The van der Waals surface area contributed by atoms with Crippen molar-refractivity contribution in [3.05, 3.63) is 5.21 Å². The predicted molar refractivity (Wildman–Crippen MR) is 57.6 cm³/mol. The van der Waals surface area contributed by atoms with E-state index in [2.05, 4.69) is 6.92 Å². The molecule has 0 aromatic rings. The Kier molecular flexibility index (Phi) is 4.59. The fourth-order valence-corrected chi connectivity index (χ4v) is 1.66. The Hall–Kier alpha value is -1.06. The van der Waals surface area contributed by atoms with Gasteiger partial charge in [0.25, 0.3) is 5.71 Å². The van der Waals surface area contributed by atoms with E-state index in [1.54, 1.807) is 0 Å². The van der Waals surface area contributed by atoms with Crippen LogP contribution >= 0.6 is 0 Å². The number of rotatable bonds is 6. The van der Waals surface area contributed by atoms with Crippen molar-refractivity contribution in [2.75, 3.05) is 0 Å². The first-order chi connectivity index (χ1) is 7.16. The first-order valence-corrected chi connectivity index (χ1v) is 5.67. The van der Waals surface area contributed by atoms with Crippen molar-refractivity contribution in [1.29, 1.82) is 0 Å². The summed E-state index contributed by atoms with van der Waals surface area (Å²) in [5.41, 5.74) is 0.175. The van der Waals surface area contributed by atoms with E-state index >= 15 is 0 Å². The number of cyclic esters (lactones) is 1. The van der Waals surface area contributed by atoms with Gasteiger partial charge in [-0.2, -0.15) is 4.74 Å². The molecule has 86 valence electrons. The van der Waals surface area contributed by atoms with Crippen molar-refractivity contribution >= 4 is 11.7 Å². The summed E-state index contributed by atoms with van der Waals surface area (Å²) < 4.78 is 5.63. The summed E-state index contributed by atoms with van der Waals surface area (Å²) in [6, 6.07) is 0. The largest absolute Gasteiger partial charge is 0.621 e. The predicted octanol–water partition coefficient (Wildman–Crippen LogP) is 2.20. The minimum atomic E-state index is -0.570. The van der Waals surface area contributed by atoms with Gasteiger partial charge in [-0.25, -0.2) is 4.79 Å². The quantitative estimate of drug-likeness (QED) is 0.294. The number of unbranched alkanes of at least 4 members (excludes halogenated alkanes) is 4. The van der Waals surface area contributed by atoms with Crippen LogP contribution in [0.4, 0.5) is 0 Å². The zero-order chi connectivity index (χ0) is 11.3. The van der Waals surface area contributed by atoms with Gasteiger partial charge in [0.2, 0.25) is 0 Å². The zero-order valence-electron chi connectivity index (χ0n) is 9.49. The topological polar surface area (TPSA) is 52.4 Å².